The summed E-state index contributed by atoms with van der Waals surface area (Å²) < 4.78 is 5.23. The summed E-state index contributed by atoms with van der Waals surface area (Å²) in [6.45, 7) is 1.92. The zero-order valence-corrected chi connectivity index (χ0v) is 13.0. The Kier molecular flexibility index (Phi) is 3.89. The van der Waals surface area contributed by atoms with Gasteiger partial charge in [-0.3, -0.25) is 4.79 Å². The van der Waals surface area contributed by atoms with E-state index in [-0.39, 0.29) is 17.2 Å². The quantitative estimate of drug-likeness (QED) is 0.765. The molecule has 3 aromatic carbocycles. The number of aromatic hydroxyl groups is 1. The lowest BCUT2D eigenvalue weighted by Crippen LogP contribution is -2.13. The molecule has 0 spiro atoms. The number of anilines is 1. The van der Waals surface area contributed by atoms with Crippen molar-refractivity contribution >= 4 is 22.4 Å². The Morgan fingerprint density at radius 2 is 1.70 bits per heavy atom. The fourth-order valence-corrected chi connectivity index (χ4v) is 2.65. The molecule has 3 rings (SSSR count). The average Bonchev–Trinajstić information content (AvgIpc) is 2.58. The highest BCUT2D eigenvalue weighted by atomic mass is 16.5. The molecule has 0 heterocycles. The van der Waals surface area contributed by atoms with Crippen molar-refractivity contribution in [3.05, 3.63) is 65.7 Å². The molecule has 23 heavy (non-hydrogen) atoms. The number of aryl methyl sites for hydroxylation is 1. The first-order valence-corrected chi connectivity index (χ1v) is 7.27. The highest BCUT2D eigenvalue weighted by Crippen LogP contribution is 2.32. The molecule has 0 unspecified atom stereocenters. The third-order valence-electron chi connectivity index (χ3n) is 3.82. The van der Waals surface area contributed by atoms with Gasteiger partial charge in [-0.15, -0.1) is 0 Å². The molecule has 0 radical (unpaired) electrons. The number of phenols is 1. The summed E-state index contributed by atoms with van der Waals surface area (Å²) in [5, 5.41) is 14.8. The normalized spacial score (nSPS) is 10.5. The van der Waals surface area contributed by atoms with Crippen molar-refractivity contribution < 1.29 is 14.6 Å². The number of rotatable bonds is 3. The number of carbonyl (C=O) groups excluding carboxylic acids is 1. The van der Waals surface area contributed by atoms with Gasteiger partial charge >= 0.3 is 0 Å². The molecule has 1 amide bonds. The van der Waals surface area contributed by atoms with Gasteiger partial charge in [0.15, 0.2) is 0 Å². The van der Waals surface area contributed by atoms with Crippen LogP contribution in [0.5, 0.6) is 11.5 Å². The Balaban J connectivity index is 2.03. The lowest BCUT2D eigenvalue weighted by atomic mass is 10.00. The van der Waals surface area contributed by atoms with E-state index < -0.39 is 0 Å². The first-order valence-electron chi connectivity index (χ1n) is 7.27. The van der Waals surface area contributed by atoms with E-state index in [2.05, 4.69) is 5.32 Å². The number of ether oxygens (including phenoxy) is 1. The number of amides is 1. The molecule has 0 bridgehead atoms. The molecule has 2 N–H and O–H groups in total. The van der Waals surface area contributed by atoms with Crippen LogP contribution in [-0.4, -0.2) is 18.1 Å². The molecule has 0 saturated carbocycles. The first-order chi connectivity index (χ1) is 11.1. The van der Waals surface area contributed by atoms with E-state index in [1.54, 1.807) is 31.4 Å². The molecule has 0 aliphatic rings. The molecule has 0 aromatic heterocycles. The van der Waals surface area contributed by atoms with Crippen molar-refractivity contribution in [2.75, 3.05) is 12.4 Å². The molecule has 4 heteroatoms. The number of fused-ring (bicyclic) bond motifs is 1. The Morgan fingerprint density at radius 3 is 2.43 bits per heavy atom. The number of nitrogens with one attached hydrogen (secondary N) is 1. The Morgan fingerprint density at radius 1 is 1.04 bits per heavy atom. The van der Waals surface area contributed by atoms with Crippen LogP contribution in [0.2, 0.25) is 0 Å². The van der Waals surface area contributed by atoms with E-state index in [1.807, 2.05) is 37.3 Å². The van der Waals surface area contributed by atoms with Crippen molar-refractivity contribution in [3.8, 4) is 11.5 Å². The standard InChI is InChI=1S/C19H17NO3/c1-12-11-15(18(21)14-8-4-3-7-13(12)14)19(22)20-16-9-5-6-10-17(16)23-2/h3-11,21H,1-2H3,(H,20,22). The van der Waals surface area contributed by atoms with E-state index in [4.69, 9.17) is 4.74 Å². The predicted molar refractivity (Wildman–Crippen MR) is 91.3 cm³/mol. The van der Waals surface area contributed by atoms with Gasteiger partial charge in [-0.25, -0.2) is 0 Å². The van der Waals surface area contributed by atoms with Crippen molar-refractivity contribution in [3.63, 3.8) is 0 Å². The molecular weight excluding hydrogens is 290 g/mol. The fraction of sp³-hybridized carbons (Fsp3) is 0.105. The van der Waals surface area contributed by atoms with E-state index in [1.165, 1.54) is 0 Å². The third-order valence-corrected chi connectivity index (χ3v) is 3.82. The fourth-order valence-electron chi connectivity index (χ4n) is 2.65. The van der Waals surface area contributed by atoms with E-state index in [0.717, 1.165) is 10.9 Å². The largest absolute Gasteiger partial charge is 0.506 e. The second-order valence-electron chi connectivity index (χ2n) is 5.29. The number of para-hydroxylation sites is 2. The second kappa shape index (κ2) is 6.01. The van der Waals surface area contributed by atoms with Crippen LogP contribution in [0.1, 0.15) is 15.9 Å². The Labute approximate surface area is 134 Å². The van der Waals surface area contributed by atoms with E-state index in [9.17, 15) is 9.90 Å². The summed E-state index contributed by atoms with van der Waals surface area (Å²) >= 11 is 0. The lowest BCUT2D eigenvalue weighted by molar-refractivity contribution is 0.102. The summed E-state index contributed by atoms with van der Waals surface area (Å²) in [4.78, 5) is 12.6. The topological polar surface area (TPSA) is 58.6 Å². The van der Waals surface area contributed by atoms with Crippen molar-refractivity contribution in [1.29, 1.82) is 0 Å². The second-order valence-corrected chi connectivity index (χ2v) is 5.29. The highest BCUT2D eigenvalue weighted by molar-refractivity contribution is 6.11. The third kappa shape index (κ3) is 2.71. The summed E-state index contributed by atoms with van der Waals surface area (Å²) in [5.41, 5.74) is 1.74. The van der Waals surface area contributed by atoms with E-state index in [0.29, 0.717) is 16.8 Å². The molecule has 4 nitrogen and oxygen atoms in total. The van der Waals surface area contributed by atoms with Crippen LogP contribution in [0, 0.1) is 6.92 Å². The maximum Gasteiger partial charge on any atom is 0.259 e. The highest BCUT2D eigenvalue weighted by Gasteiger charge is 2.17. The predicted octanol–water partition coefficient (Wildman–Crippen LogP) is 4.11. The molecular formula is C19H17NO3. The Hall–Kier alpha value is -3.01. The molecule has 0 aliphatic carbocycles. The molecule has 3 aromatic rings. The molecule has 0 fully saturated rings. The Bertz CT molecular complexity index is 887. The van der Waals surface area contributed by atoms with Crippen molar-refractivity contribution in [1.82, 2.24) is 0 Å². The average molecular weight is 307 g/mol. The molecule has 0 aliphatic heterocycles. The van der Waals surface area contributed by atoms with Crippen LogP contribution in [0.15, 0.2) is 54.6 Å². The minimum Gasteiger partial charge on any atom is -0.506 e. The monoisotopic (exact) mass is 307 g/mol. The van der Waals surface area contributed by atoms with E-state index >= 15 is 0 Å². The van der Waals surface area contributed by atoms with Gasteiger partial charge in [0.05, 0.1) is 18.4 Å². The summed E-state index contributed by atoms with van der Waals surface area (Å²) in [7, 11) is 1.54. The van der Waals surface area contributed by atoms with Gasteiger partial charge in [-0.05, 0) is 36.1 Å². The van der Waals surface area contributed by atoms with Crippen LogP contribution >= 0.6 is 0 Å². The van der Waals surface area contributed by atoms with Crippen LogP contribution in [0.25, 0.3) is 10.8 Å². The number of hydrogen-bond acceptors (Lipinski definition) is 3. The van der Waals surface area contributed by atoms with Crippen LogP contribution in [0.4, 0.5) is 5.69 Å². The number of benzene rings is 3. The van der Waals surface area contributed by atoms with Gasteiger partial charge in [0, 0.05) is 5.39 Å². The minimum absolute atomic E-state index is 0.0152. The van der Waals surface area contributed by atoms with Crippen molar-refractivity contribution in [2.45, 2.75) is 6.92 Å². The van der Waals surface area contributed by atoms with Gasteiger partial charge in [0.25, 0.3) is 5.91 Å². The van der Waals surface area contributed by atoms with Gasteiger partial charge in [0.2, 0.25) is 0 Å². The van der Waals surface area contributed by atoms with Crippen LogP contribution in [0.3, 0.4) is 0 Å². The summed E-state index contributed by atoms with van der Waals surface area (Å²) in [5.74, 6) is 0.178. The summed E-state index contributed by atoms with van der Waals surface area (Å²) in [6, 6.07) is 16.3. The van der Waals surface area contributed by atoms with Gasteiger partial charge in [0.1, 0.15) is 11.5 Å². The lowest BCUT2D eigenvalue weighted by Gasteiger charge is -2.13. The van der Waals surface area contributed by atoms with Crippen molar-refractivity contribution in [2.24, 2.45) is 0 Å². The molecule has 0 saturated heterocycles. The molecule has 0 atom stereocenters. The smallest absolute Gasteiger partial charge is 0.259 e. The maximum atomic E-state index is 12.6. The first kappa shape index (κ1) is 14.9. The number of methoxy groups -OCH3 is 1. The van der Waals surface area contributed by atoms with Gasteiger partial charge in [-0.2, -0.15) is 0 Å². The van der Waals surface area contributed by atoms with Crippen LogP contribution < -0.4 is 10.1 Å². The SMILES string of the molecule is COc1ccccc1NC(=O)c1cc(C)c2ccccc2c1O. The zero-order valence-electron chi connectivity index (χ0n) is 13.0. The van der Waals surface area contributed by atoms with Gasteiger partial charge < -0.3 is 15.2 Å². The minimum atomic E-state index is -0.374. The number of hydrogen-bond donors (Lipinski definition) is 2. The summed E-state index contributed by atoms with van der Waals surface area (Å²) in [6.07, 6.45) is 0. The number of carbonyl (C=O) groups is 1. The van der Waals surface area contributed by atoms with Crippen LogP contribution in [-0.2, 0) is 0 Å². The number of phenolic OH excluding ortho intramolecular Hbond substituents is 1. The molecule has 116 valence electrons. The van der Waals surface area contributed by atoms with Gasteiger partial charge in [-0.1, -0.05) is 36.4 Å². The maximum absolute atomic E-state index is 12.6. The zero-order chi connectivity index (χ0) is 16.4.